The van der Waals surface area contributed by atoms with Crippen molar-refractivity contribution in [2.24, 2.45) is 0 Å². The van der Waals surface area contributed by atoms with Crippen LogP contribution >= 0.6 is 15.9 Å². The zero-order chi connectivity index (χ0) is 12.1. The van der Waals surface area contributed by atoms with Crippen molar-refractivity contribution in [1.29, 1.82) is 0 Å². The molecule has 1 aromatic carbocycles. The zero-order valence-electron chi connectivity index (χ0n) is 9.82. The summed E-state index contributed by atoms with van der Waals surface area (Å²) >= 11 is 3.58. The smallest absolute Gasteiger partial charge is 0.105 e. The summed E-state index contributed by atoms with van der Waals surface area (Å²) in [7, 11) is 1.99. The van der Waals surface area contributed by atoms with Crippen LogP contribution < -0.4 is 5.32 Å². The number of benzene rings is 1. The van der Waals surface area contributed by atoms with Gasteiger partial charge in [-0.1, -0.05) is 34.1 Å². The standard InChI is InChI=1S/C14H16BrNO/c1-16-12(10-13-6-4-8-17-13)9-11-5-2-3-7-14(11)15/h2-8,12,16H,9-10H2,1H3. The van der Waals surface area contributed by atoms with E-state index in [1.165, 1.54) is 10.0 Å². The highest BCUT2D eigenvalue weighted by molar-refractivity contribution is 9.10. The Morgan fingerprint density at radius 2 is 2.00 bits per heavy atom. The third-order valence-electron chi connectivity index (χ3n) is 2.86. The van der Waals surface area contributed by atoms with Crippen LogP contribution in [0.2, 0.25) is 0 Å². The maximum atomic E-state index is 5.38. The third kappa shape index (κ3) is 3.45. The Morgan fingerprint density at radius 1 is 1.18 bits per heavy atom. The van der Waals surface area contributed by atoms with Gasteiger partial charge in [-0.15, -0.1) is 0 Å². The van der Waals surface area contributed by atoms with Gasteiger partial charge in [0.15, 0.2) is 0 Å². The van der Waals surface area contributed by atoms with Crippen LogP contribution in [0.4, 0.5) is 0 Å². The highest BCUT2D eigenvalue weighted by atomic mass is 79.9. The van der Waals surface area contributed by atoms with E-state index in [1.807, 2.05) is 25.2 Å². The van der Waals surface area contributed by atoms with Gasteiger partial charge in [0.2, 0.25) is 0 Å². The Balaban J connectivity index is 2.03. The zero-order valence-corrected chi connectivity index (χ0v) is 11.4. The molecule has 2 rings (SSSR count). The van der Waals surface area contributed by atoms with Crippen LogP contribution in [0.3, 0.4) is 0 Å². The molecule has 90 valence electrons. The predicted molar refractivity (Wildman–Crippen MR) is 73.1 cm³/mol. The number of hydrogen-bond donors (Lipinski definition) is 1. The lowest BCUT2D eigenvalue weighted by Crippen LogP contribution is -2.29. The summed E-state index contributed by atoms with van der Waals surface area (Å²) in [5, 5.41) is 3.34. The molecule has 0 aliphatic heterocycles. The molecule has 0 aliphatic carbocycles. The van der Waals surface area contributed by atoms with Crippen LogP contribution in [0.15, 0.2) is 51.6 Å². The van der Waals surface area contributed by atoms with Crippen molar-refractivity contribution in [2.45, 2.75) is 18.9 Å². The van der Waals surface area contributed by atoms with Crippen molar-refractivity contribution in [1.82, 2.24) is 5.32 Å². The lowest BCUT2D eigenvalue weighted by molar-refractivity contribution is 0.456. The van der Waals surface area contributed by atoms with E-state index in [-0.39, 0.29) is 0 Å². The molecule has 1 atom stereocenters. The van der Waals surface area contributed by atoms with E-state index in [2.05, 4.69) is 39.4 Å². The van der Waals surface area contributed by atoms with Crippen molar-refractivity contribution in [3.05, 3.63) is 58.5 Å². The van der Waals surface area contributed by atoms with Crippen LogP contribution in [0.1, 0.15) is 11.3 Å². The molecule has 0 saturated heterocycles. The molecule has 0 aliphatic rings. The highest BCUT2D eigenvalue weighted by Gasteiger charge is 2.11. The average Bonchev–Trinajstić information content (AvgIpc) is 2.84. The topological polar surface area (TPSA) is 25.2 Å². The van der Waals surface area contributed by atoms with Gasteiger partial charge in [0, 0.05) is 16.9 Å². The monoisotopic (exact) mass is 293 g/mol. The summed E-state index contributed by atoms with van der Waals surface area (Å²) in [6, 6.07) is 12.7. The normalized spacial score (nSPS) is 12.6. The molecule has 1 unspecified atom stereocenters. The molecule has 1 heterocycles. The maximum absolute atomic E-state index is 5.38. The fraction of sp³-hybridized carbons (Fsp3) is 0.286. The summed E-state index contributed by atoms with van der Waals surface area (Å²) in [5.41, 5.74) is 1.32. The first-order chi connectivity index (χ1) is 8.29. The van der Waals surface area contributed by atoms with Crippen molar-refractivity contribution in [3.63, 3.8) is 0 Å². The fourth-order valence-corrected chi connectivity index (χ4v) is 2.32. The number of furan rings is 1. The van der Waals surface area contributed by atoms with Gasteiger partial charge in [-0.05, 0) is 37.2 Å². The maximum Gasteiger partial charge on any atom is 0.105 e. The van der Waals surface area contributed by atoms with Crippen LogP contribution in [-0.2, 0) is 12.8 Å². The molecule has 0 spiro atoms. The average molecular weight is 294 g/mol. The Morgan fingerprint density at radius 3 is 2.65 bits per heavy atom. The van der Waals surface area contributed by atoms with E-state index in [4.69, 9.17) is 4.42 Å². The van der Waals surface area contributed by atoms with E-state index in [0.717, 1.165) is 18.6 Å². The van der Waals surface area contributed by atoms with Crippen molar-refractivity contribution < 1.29 is 4.42 Å². The molecule has 2 aromatic rings. The Labute approximate surface area is 110 Å². The number of likely N-dealkylation sites (N-methyl/N-ethyl adjacent to an activating group) is 1. The Kier molecular flexibility index (Phi) is 4.40. The van der Waals surface area contributed by atoms with Crippen molar-refractivity contribution in [3.8, 4) is 0 Å². The van der Waals surface area contributed by atoms with E-state index >= 15 is 0 Å². The first-order valence-corrected chi connectivity index (χ1v) is 6.52. The molecule has 3 heteroatoms. The van der Waals surface area contributed by atoms with Gasteiger partial charge >= 0.3 is 0 Å². The molecular weight excluding hydrogens is 278 g/mol. The fourth-order valence-electron chi connectivity index (χ4n) is 1.88. The minimum Gasteiger partial charge on any atom is -0.469 e. The largest absolute Gasteiger partial charge is 0.469 e. The summed E-state index contributed by atoms with van der Waals surface area (Å²) in [6.45, 7) is 0. The lowest BCUT2D eigenvalue weighted by atomic mass is 10.0. The van der Waals surface area contributed by atoms with Gasteiger partial charge in [0.25, 0.3) is 0 Å². The second-order valence-electron chi connectivity index (χ2n) is 4.06. The van der Waals surface area contributed by atoms with Crippen molar-refractivity contribution in [2.75, 3.05) is 7.05 Å². The molecule has 0 bridgehead atoms. The Bertz CT molecular complexity index is 453. The second kappa shape index (κ2) is 6.03. The van der Waals surface area contributed by atoms with Gasteiger partial charge in [-0.3, -0.25) is 0 Å². The molecule has 17 heavy (non-hydrogen) atoms. The van der Waals surface area contributed by atoms with E-state index in [1.54, 1.807) is 6.26 Å². The van der Waals surface area contributed by atoms with Crippen LogP contribution in [0.25, 0.3) is 0 Å². The first kappa shape index (κ1) is 12.4. The number of hydrogen-bond acceptors (Lipinski definition) is 2. The summed E-state index contributed by atoms with van der Waals surface area (Å²) < 4.78 is 6.55. The summed E-state index contributed by atoms with van der Waals surface area (Å²) in [6.07, 6.45) is 3.62. The molecule has 0 saturated carbocycles. The molecule has 1 aromatic heterocycles. The minimum absolute atomic E-state index is 0.389. The quantitative estimate of drug-likeness (QED) is 0.914. The summed E-state index contributed by atoms with van der Waals surface area (Å²) in [4.78, 5) is 0. The number of halogens is 1. The van der Waals surface area contributed by atoms with Gasteiger partial charge in [0.05, 0.1) is 6.26 Å². The predicted octanol–water partition coefficient (Wildman–Crippen LogP) is 3.42. The van der Waals surface area contributed by atoms with Gasteiger partial charge in [-0.25, -0.2) is 0 Å². The number of nitrogens with one attached hydrogen (secondary N) is 1. The summed E-state index contributed by atoms with van der Waals surface area (Å²) in [5.74, 6) is 1.02. The van der Waals surface area contributed by atoms with Gasteiger partial charge < -0.3 is 9.73 Å². The number of rotatable bonds is 5. The van der Waals surface area contributed by atoms with E-state index < -0.39 is 0 Å². The first-order valence-electron chi connectivity index (χ1n) is 5.72. The molecule has 1 N–H and O–H groups in total. The van der Waals surface area contributed by atoms with Crippen LogP contribution in [0, 0.1) is 0 Å². The molecular formula is C14H16BrNO. The Hall–Kier alpha value is -1.06. The second-order valence-corrected chi connectivity index (χ2v) is 4.92. The van der Waals surface area contributed by atoms with Crippen LogP contribution in [0.5, 0.6) is 0 Å². The lowest BCUT2D eigenvalue weighted by Gasteiger charge is -2.15. The SMILES string of the molecule is CNC(Cc1ccco1)Cc1ccccc1Br. The minimum atomic E-state index is 0.389. The third-order valence-corrected chi connectivity index (χ3v) is 3.63. The molecule has 0 fully saturated rings. The van der Waals surface area contributed by atoms with Crippen LogP contribution in [-0.4, -0.2) is 13.1 Å². The molecule has 0 amide bonds. The van der Waals surface area contributed by atoms with E-state index in [0.29, 0.717) is 6.04 Å². The van der Waals surface area contributed by atoms with E-state index in [9.17, 15) is 0 Å². The molecule has 2 nitrogen and oxygen atoms in total. The van der Waals surface area contributed by atoms with Gasteiger partial charge in [-0.2, -0.15) is 0 Å². The molecule has 0 radical (unpaired) electrons. The van der Waals surface area contributed by atoms with Crippen molar-refractivity contribution >= 4 is 15.9 Å². The highest BCUT2D eigenvalue weighted by Crippen LogP contribution is 2.18. The van der Waals surface area contributed by atoms with Gasteiger partial charge in [0.1, 0.15) is 5.76 Å².